The van der Waals surface area contributed by atoms with Gasteiger partial charge in [-0.15, -0.1) is 11.3 Å². The van der Waals surface area contributed by atoms with Crippen molar-refractivity contribution in [2.45, 2.75) is 38.6 Å². The normalized spacial score (nSPS) is 14.5. The van der Waals surface area contributed by atoms with E-state index in [2.05, 4.69) is 25.6 Å². The molecule has 0 radical (unpaired) electrons. The molecule has 0 unspecified atom stereocenters. The number of thiazole rings is 1. The van der Waals surface area contributed by atoms with Crippen LogP contribution >= 0.6 is 11.3 Å². The summed E-state index contributed by atoms with van der Waals surface area (Å²) in [6, 6.07) is 7.74. The number of hydrogen-bond donors (Lipinski definition) is 3. The third-order valence-corrected chi connectivity index (χ3v) is 5.55. The number of benzene rings is 1. The minimum absolute atomic E-state index is 0.0442. The van der Waals surface area contributed by atoms with Crippen LogP contribution in [0.4, 0.5) is 5.13 Å². The Bertz CT molecular complexity index is 925. The van der Waals surface area contributed by atoms with Crippen molar-refractivity contribution in [3.63, 3.8) is 0 Å². The molecule has 3 N–H and O–H groups in total. The molecule has 3 aromatic rings. The van der Waals surface area contributed by atoms with E-state index in [1.807, 2.05) is 29.6 Å². The van der Waals surface area contributed by atoms with Crippen LogP contribution in [0, 0.1) is 5.92 Å². The van der Waals surface area contributed by atoms with E-state index in [1.165, 1.54) is 11.3 Å². The summed E-state index contributed by atoms with van der Waals surface area (Å²) in [7, 11) is 0. The van der Waals surface area contributed by atoms with Gasteiger partial charge in [-0.05, 0) is 25.0 Å². The lowest BCUT2D eigenvalue weighted by molar-refractivity contribution is -0.121. The van der Waals surface area contributed by atoms with Crippen molar-refractivity contribution in [2.24, 2.45) is 5.92 Å². The highest BCUT2D eigenvalue weighted by Gasteiger charge is 2.23. The Balaban J connectivity index is 1.28. The maximum absolute atomic E-state index is 12.2. The zero-order valence-electron chi connectivity index (χ0n) is 14.8. The average Bonchev–Trinajstić information content (AvgIpc) is 3.40. The fraction of sp³-hybridized carbons (Fsp3) is 0.368. The number of fused-ring (bicyclic) bond motifs is 1. The van der Waals surface area contributed by atoms with Gasteiger partial charge in [0.15, 0.2) is 5.13 Å². The van der Waals surface area contributed by atoms with Crippen LogP contribution in [0.2, 0.25) is 0 Å². The monoisotopic (exact) mass is 383 g/mol. The van der Waals surface area contributed by atoms with Gasteiger partial charge in [0.2, 0.25) is 11.8 Å². The summed E-state index contributed by atoms with van der Waals surface area (Å²) < 4.78 is 0. The van der Waals surface area contributed by atoms with Crippen molar-refractivity contribution in [2.75, 3.05) is 5.32 Å². The van der Waals surface area contributed by atoms with Crippen LogP contribution in [-0.4, -0.2) is 26.8 Å². The Morgan fingerprint density at radius 2 is 2.00 bits per heavy atom. The lowest BCUT2D eigenvalue weighted by Crippen LogP contribution is -2.25. The van der Waals surface area contributed by atoms with Gasteiger partial charge in [0.1, 0.15) is 5.82 Å². The van der Waals surface area contributed by atoms with E-state index >= 15 is 0 Å². The zero-order valence-corrected chi connectivity index (χ0v) is 15.6. The quantitative estimate of drug-likeness (QED) is 0.609. The fourth-order valence-corrected chi connectivity index (χ4v) is 4.05. The van der Waals surface area contributed by atoms with Crippen molar-refractivity contribution in [3.8, 4) is 0 Å². The molecule has 0 atom stereocenters. The summed E-state index contributed by atoms with van der Waals surface area (Å²) in [6.07, 6.45) is 4.32. The van der Waals surface area contributed by atoms with E-state index in [0.717, 1.165) is 36.7 Å². The van der Waals surface area contributed by atoms with Gasteiger partial charge in [-0.3, -0.25) is 9.59 Å². The minimum Gasteiger partial charge on any atom is -0.349 e. The maximum Gasteiger partial charge on any atom is 0.229 e. The number of hydrogen-bond acceptors (Lipinski definition) is 5. The molecule has 7 nitrogen and oxygen atoms in total. The third kappa shape index (κ3) is 4.33. The van der Waals surface area contributed by atoms with Gasteiger partial charge >= 0.3 is 0 Å². The molecule has 2 heterocycles. The van der Waals surface area contributed by atoms with Gasteiger partial charge in [0.25, 0.3) is 0 Å². The van der Waals surface area contributed by atoms with Gasteiger partial charge < -0.3 is 15.6 Å². The third-order valence-electron chi connectivity index (χ3n) is 4.74. The lowest BCUT2D eigenvalue weighted by atomic mass is 10.1. The standard InChI is InChI=1S/C19H21N5O2S/c25-17(20-10-16-22-14-7-3-4-8-15(14)23-16)9-13-11-27-19(21-13)24-18(26)12-5-1-2-6-12/h3-4,7-8,11-12H,1-2,5-6,9-10H2,(H,20,25)(H,22,23)(H,21,24,26). The van der Waals surface area contributed by atoms with Crippen LogP contribution < -0.4 is 10.6 Å². The van der Waals surface area contributed by atoms with Crippen LogP contribution in [-0.2, 0) is 22.6 Å². The number of aromatic nitrogens is 3. The second kappa shape index (κ2) is 7.87. The molecule has 0 aliphatic heterocycles. The first kappa shape index (κ1) is 17.7. The number of imidazole rings is 1. The summed E-state index contributed by atoms with van der Waals surface area (Å²) in [5.41, 5.74) is 2.48. The number of carbonyl (C=O) groups is 2. The molecule has 2 amide bonds. The first-order valence-electron chi connectivity index (χ1n) is 9.13. The molecular weight excluding hydrogens is 362 g/mol. The SMILES string of the molecule is O=C(Cc1csc(NC(=O)C2CCCC2)n1)NCc1nc2ccccc2[nH]1. The Hall–Kier alpha value is -2.74. The number of para-hydroxylation sites is 2. The summed E-state index contributed by atoms with van der Waals surface area (Å²) >= 11 is 1.35. The highest BCUT2D eigenvalue weighted by molar-refractivity contribution is 7.13. The van der Waals surface area contributed by atoms with Gasteiger partial charge in [0.05, 0.1) is 29.7 Å². The van der Waals surface area contributed by atoms with Crippen LogP contribution in [0.15, 0.2) is 29.6 Å². The Morgan fingerprint density at radius 3 is 2.81 bits per heavy atom. The van der Waals surface area contributed by atoms with E-state index in [4.69, 9.17) is 0 Å². The first-order chi connectivity index (χ1) is 13.2. The van der Waals surface area contributed by atoms with Crippen LogP contribution in [0.25, 0.3) is 11.0 Å². The molecule has 0 bridgehead atoms. The molecule has 1 fully saturated rings. The molecule has 0 spiro atoms. The molecule has 1 aliphatic carbocycles. The van der Waals surface area contributed by atoms with E-state index in [0.29, 0.717) is 23.2 Å². The lowest BCUT2D eigenvalue weighted by Gasteiger charge is -2.07. The topological polar surface area (TPSA) is 99.8 Å². The summed E-state index contributed by atoms with van der Waals surface area (Å²) in [6.45, 7) is 0.336. The smallest absolute Gasteiger partial charge is 0.229 e. The zero-order chi connectivity index (χ0) is 18.6. The van der Waals surface area contributed by atoms with Gasteiger partial charge in [-0.1, -0.05) is 25.0 Å². The van der Waals surface area contributed by atoms with Crippen molar-refractivity contribution in [1.82, 2.24) is 20.3 Å². The largest absolute Gasteiger partial charge is 0.349 e. The second-order valence-electron chi connectivity index (χ2n) is 6.77. The van der Waals surface area contributed by atoms with Crippen molar-refractivity contribution < 1.29 is 9.59 Å². The number of aromatic amines is 1. The average molecular weight is 383 g/mol. The predicted molar refractivity (Wildman–Crippen MR) is 104 cm³/mol. The van der Waals surface area contributed by atoms with Gasteiger partial charge in [-0.2, -0.15) is 0 Å². The molecule has 8 heteroatoms. The number of carbonyl (C=O) groups excluding carboxylic acids is 2. The highest BCUT2D eigenvalue weighted by atomic mass is 32.1. The molecule has 1 aliphatic rings. The number of anilines is 1. The molecule has 2 aromatic heterocycles. The van der Waals surface area contributed by atoms with E-state index in [1.54, 1.807) is 0 Å². The summed E-state index contributed by atoms with van der Waals surface area (Å²) in [5.74, 6) is 0.731. The minimum atomic E-state index is -0.130. The Morgan fingerprint density at radius 1 is 1.19 bits per heavy atom. The Labute approximate surface area is 160 Å². The molecule has 1 aromatic carbocycles. The first-order valence-corrected chi connectivity index (χ1v) is 10.0. The van der Waals surface area contributed by atoms with E-state index in [9.17, 15) is 9.59 Å². The summed E-state index contributed by atoms with van der Waals surface area (Å²) in [5, 5.41) is 8.09. The van der Waals surface area contributed by atoms with Gasteiger partial charge in [0, 0.05) is 11.3 Å². The number of nitrogens with one attached hydrogen (secondary N) is 3. The number of nitrogens with zero attached hydrogens (tertiary/aromatic N) is 2. The van der Waals surface area contributed by atoms with Crippen molar-refractivity contribution in [1.29, 1.82) is 0 Å². The Kier molecular flexibility index (Phi) is 5.15. The maximum atomic E-state index is 12.2. The molecule has 1 saturated carbocycles. The molecule has 140 valence electrons. The molecule has 4 rings (SSSR count). The number of amides is 2. The number of rotatable bonds is 6. The number of H-pyrrole nitrogens is 1. The van der Waals surface area contributed by atoms with Gasteiger partial charge in [-0.25, -0.2) is 9.97 Å². The molecule has 0 saturated heterocycles. The van der Waals surface area contributed by atoms with Crippen LogP contribution in [0.5, 0.6) is 0 Å². The highest BCUT2D eigenvalue weighted by Crippen LogP contribution is 2.26. The van der Waals surface area contributed by atoms with E-state index in [-0.39, 0.29) is 24.2 Å². The van der Waals surface area contributed by atoms with Crippen molar-refractivity contribution >= 4 is 39.3 Å². The summed E-state index contributed by atoms with van der Waals surface area (Å²) in [4.78, 5) is 36.3. The predicted octanol–water partition coefficient (Wildman–Crippen LogP) is 3.01. The van der Waals surface area contributed by atoms with Crippen molar-refractivity contribution in [3.05, 3.63) is 41.2 Å². The van der Waals surface area contributed by atoms with Crippen LogP contribution in [0.1, 0.15) is 37.2 Å². The second-order valence-corrected chi connectivity index (χ2v) is 7.63. The van der Waals surface area contributed by atoms with E-state index < -0.39 is 0 Å². The molecule has 27 heavy (non-hydrogen) atoms. The molecular formula is C19H21N5O2S. The van der Waals surface area contributed by atoms with Crippen LogP contribution in [0.3, 0.4) is 0 Å². The fourth-order valence-electron chi connectivity index (χ4n) is 3.34.